The maximum absolute atomic E-state index is 13.0. The molecule has 2 aliphatic heterocycles. The summed E-state index contributed by atoms with van der Waals surface area (Å²) in [4.78, 5) is 42.4. The fraction of sp³-hybridized carbons (Fsp3) is 0.483. The first-order chi connectivity index (χ1) is 20.3. The van der Waals surface area contributed by atoms with Crippen molar-refractivity contribution in [1.82, 2.24) is 20.4 Å². The van der Waals surface area contributed by atoms with Crippen molar-refractivity contribution in [2.75, 3.05) is 84.2 Å². The maximum Gasteiger partial charge on any atom is 0.338 e. The van der Waals surface area contributed by atoms with Crippen molar-refractivity contribution < 1.29 is 28.6 Å². The zero-order valence-electron chi connectivity index (χ0n) is 24.0. The number of nitrogen functional groups attached to an aromatic ring is 1. The monoisotopic (exact) mass is 602 g/mol. The zero-order valence-corrected chi connectivity index (χ0v) is 24.7. The summed E-state index contributed by atoms with van der Waals surface area (Å²) in [6.07, 6.45) is 0.246. The highest BCUT2D eigenvalue weighted by molar-refractivity contribution is 6.33. The number of nitrogens with one attached hydrogen (secondary N) is 3. The van der Waals surface area contributed by atoms with Crippen molar-refractivity contribution >= 4 is 40.8 Å². The van der Waals surface area contributed by atoms with Crippen LogP contribution in [-0.2, 0) is 14.3 Å². The lowest BCUT2D eigenvalue weighted by Gasteiger charge is -2.37. The molecule has 12 nitrogen and oxygen atoms in total. The van der Waals surface area contributed by atoms with Gasteiger partial charge in [-0.2, -0.15) is 0 Å². The van der Waals surface area contributed by atoms with E-state index >= 15 is 0 Å². The molecule has 42 heavy (non-hydrogen) atoms. The first-order valence-corrected chi connectivity index (χ1v) is 14.3. The summed E-state index contributed by atoms with van der Waals surface area (Å²) in [5.74, 6) is -0.603. The first-order valence-electron chi connectivity index (χ1n) is 14.0. The van der Waals surface area contributed by atoms with Crippen LogP contribution in [0.3, 0.4) is 0 Å². The number of benzene rings is 2. The minimum Gasteiger partial charge on any atom is -0.496 e. The van der Waals surface area contributed by atoms with E-state index in [2.05, 4.69) is 20.9 Å². The zero-order chi connectivity index (χ0) is 30.1. The average molecular weight is 603 g/mol. The van der Waals surface area contributed by atoms with Gasteiger partial charge in [0, 0.05) is 64.7 Å². The summed E-state index contributed by atoms with van der Waals surface area (Å²) in [5, 5.41) is 9.43. The molecule has 2 amide bonds. The molecule has 2 unspecified atom stereocenters. The van der Waals surface area contributed by atoms with Gasteiger partial charge in [0.25, 0.3) is 5.91 Å². The van der Waals surface area contributed by atoms with E-state index in [-0.39, 0.29) is 47.1 Å². The molecule has 0 radical (unpaired) electrons. The van der Waals surface area contributed by atoms with Crippen LogP contribution in [0.1, 0.15) is 27.1 Å². The number of rotatable bonds is 11. The Morgan fingerprint density at radius 3 is 2.50 bits per heavy atom. The molecule has 2 aliphatic rings. The predicted octanol–water partition coefficient (Wildman–Crippen LogP) is 1.45. The number of likely N-dealkylation sites (tertiary alicyclic amines) is 1. The highest BCUT2D eigenvalue weighted by Crippen LogP contribution is 2.29. The van der Waals surface area contributed by atoms with Crippen LogP contribution in [0.15, 0.2) is 36.4 Å². The number of ether oxygens (including phenoxy) is 3. The summed E-state index contributed by atoms with van der Waals surface area (Å²) >= 11 is 6.12. The van der Waals surface area contributed by atoms with Gasteiger partial charge >= 0.3 is 5.97 Å². The van der Waals surface area contributed by atoms with Crippen molar-refractivity contribution in [2.24, 2.45) is 0 Å². The van der Waals surface area contributed by atoms with Crippen molar-refractivity contribution in [3.63, 3.8) is 0 Å². The number of methoxy groups -OCH3 is 2. The average Bonchev–Trinajstić information content (AvgIpc) is 2.99. The van der Waals surface area contributed by atoms with E-state index in [0.29, 0.717) is 55.3 Å². The van der Waals surface area contributed by atoms with Gasteiger partial charge < -0.3 is 35.9 Å². The van der Waals surface area contributed by atoms with E-state index in [4.69, 9.17) is 31.5 Å². The topological polar surface area (TPSA) is 147 Å². The highest BCUT2D eigenvalue weighted by atomic mass is 35.5. The number of hydrogen-bond acceptors (Lipinski definition) is 10. The lowest BCUT2D eigenvalue weighted by atomic mass is 10.0. The van der Waals surface area contributed by atoms with Gasteiger partial charge in [-0.05, 0) is 36.8 Å². The smallest absolute Gasteiger partial charge is 0.338 e. The normalized spacial score (nSPS) is 19.6. The van der Waals surface area contributed by atoms with Gasteiger partial charge in [-0.15, -0.1) is 0 Å². The molecule has 2 heterocycles. The number of nitrogens with two attached hydrogens (primary N) is 1. The molecule has 0 aromatic heterocycles. The van der Waals surface area contributed by atoms with Crippen molar-refractivity contribution in [3.8, 4) is 5.75 Å². The Morgan fingerprint density at radius 1 is 1.07 bits per heavy atom. The molecule has 2 saturated heterocycles. The van der Waals surface area contributed by atoms with Crippen molar-refractivity contribution in [2.45, 2.75) is 18.6 Å². The maximum atomic E-state index is 13.0. The number of piperazine rings is 1. The van der Waals surface area contributed by atoms with Crippen LogP contribution in [0.4, 0.5) is 11.4 Å². The second-order valence-electron chi connectivity index (χ2n) is 10.3. The molecule has 13 heteroatoms. The third-order valence-corrected chi connectivity index (χ3v) is 7.78. The van der Waals surface area contributed by atoms with Crippen LogP contribution in [-0.4, -0.2) is 113 Å². The molecular formula is C29H39ClN6O6. The molecule has 0 saturated carbocycles. The van der Waals surface area contributed by atoms with Crippen LogP contribution in [0, 0.1) is 0 Å². The SMILES string of the molecule is COc1cc(N)c(Cl)cc1C(=O)NC1CCN(CC(=O)Nc2ccc(C(=O)OCCN3CCNCC3)cc2)CC1OC. The summed E-state index contributed by atoms with van der Waals surface area (Å²) in [5.41, 5.74) is 7.44. The molecule has 2 aromatic rings. The standard InChI is InChI=1S/C29H39ClN6O6/c1-40-25-16-23(31)22(30)15-21(25)28(38)34-24-7-10-36(17-26(24)41-2)18-27(37)33-20-5-3-19(4-6-20)29(39)42-14-13-35-11-8-32-9-12-35/h3-6,15-16,24,26,32H,7-14,17-18,31H2,1-2H3,(H,33,37)(H,34,38). The Bertz CT molecular complexity index is 1240. The fourth-order valence-corrected chi connectivity index (χ4v) is 5.23. The second kappa shape index (κ2) is 15.2. The van der Waals surface area contributed by atoms with Crippen LogP contribution in [0.2, 0.25) is 5.02 Å². The lowest BCUT2D eigenvalue weighted by molar-refractivity contribution is -0.118. The van der Waals surface area contributed by atoms with Gasteiger partial charge in [-0.3, -0.25) is 19.4 Å². The molecule has 0 bridgehead atoms. The fourth-order valence-electron chi connectivity index (χ4n) is 5.07. The molecule has 2 fully saturated rings. The van der Waals surface area contributed by atoms with E-state index in [1.165, 1.54) is 19.2 Å². The second-order valence-corrected chi connectivity index (χ2v) is 10.7. The van der Waals surface area contributed by atoms with E-state index in [1.54, 1.807) is 31.4 Å². The molecule has 5 N–H and O–H groups in total. The third-order valence-electron chi connectivity index (χ3n) is 7.45. The van der Waals surface area contributed by atoms with E-state index in [9.17, 15) is 14.4 Å². The number of esters is 1. The van der Waals surface area contributed by atoms with Crippen molar-refractivity contribution in [1.29, 1.82) is 0 Å². The Kier molecular flexibility index (Phi) is 11.4. The Balaban J connectivity index is 1.22. The lowest BCUT2D eigenvalue weighted by Crippen LogP contribution is -2.55. The molecule has 2 atom stereocenters. The number of amides is 2. The number of anilines is 2. The predicted molar refractivity (Wildman–Crippen MR) is 160 cm³/mol. The number of piperidine rings is 1. The Hall–Kier alpha value is -3.42. The summed E-state index contributed by atoms with van der Waals surface area (Å²) in [7, 11) is 3.03. The number of carbonyl (C=O) groups is 3. The van der Waals surface area contributed by atoms with Crippen LogP contribution >= 0.6 is 11.6 Å². The van der Waals surface area contributed by atoms with E-state index in [1.807, 2.05) is 4.90 Å². The summed E-state index contributed by atoms with van der Waals surface area (Å²) in [6, 6.07) is 9.37. The minimum atomic E-state index is -0.387. The van der Waals surface area contributed by atoms with E-state index < -0.39 is 0 Å². The largest absolute Gasteiger partial charge is 0.496 e. The molecule has 4 rings (SSSR count). The Morgan fingerprint density at radius 2 is 1.81 bits per heavy atom. The quantitative estimate of drug-likeness (QED) is 0.220. The molecule has 228 valence electrons. The highest BCUT2D eigenvalue weighted by Gasteiger charge is 2.32. The van der Waals surface area contributed by atoms with Gasteiger partial charge in [0.15, 0.2) is 0 Å². The van der Waals surface area contributed by atoms with Crippen LogP contribution < -0.4 is 26.4 Å². The molecule has 2 aromatic carbocycles. The van der Waals surface area contributed by atoms with Gasteiger partial charge in [0.05, 0.1) is 47.6 Å². The number of carbonyl (C=O) groups excluding carboxylic acids is 3. The number of nitrogens with zero attached hydrogens (tertiary/aromatic N) is 2. The van der Waals surface area contributed by atoms with Crippen LogP contribution in [0.25, 0.3) is 0 Å². The third kappa shape index (κ3) is 8.55. The number of hydrogen-bond donors (Lipinski definition) is 4. The molecule has 0 spiro atoms. The Labute approximate surface area is 250 Å². The van der Waals surface area contributed by atoms with Crippen LogP contribution in [0.5, 0.6) is 5.75 Å². The van der Waals surface area contributed by atoms with E-state index in [0.717, 1.165) is 26.2 Å². The number of halogens is 1. The summed E-state index contributed by atoms with van der Waals surface area (Å²) < 4.78 is 16.4. The first kappa shape index (κ1) is 31.5. The minimum absolute atomic E-state index is 0.151. The van der Waals surface area contributed by atoms with Gasteiger partial charge in [-0.1, -0.05) is 11.6 Å². The molecular weight excluding hydrogens is 564 g/mol. The van der Waals surface area contributed by atoms with Crippen molar-refractivity contribution in [3.05, 3.63) is 52.5 Å². The van der Waals surface area contributed by atoms with Gasteiger partial charge in [0.1, 0.15) is 12.4 Å². The summed E-state index contributed by atoms with van der Waals surface area (Å²) in [6.45, 7) is 6.02. The van der Waals surface area contributed by atoms with Gasteiger partial charge in [-0.25, -0.2) is 4.79 Å². The van der Waals surface area contributed by atoms with Gasteiger partial charge in [0.2, 0.25) is 5.91 Å². The molecule has 0 aliphatic carbocycles.